The fraction of sp³-hybridized carbons (Fsp3) is 0.0714. The van der Waals surface area contributed by atoms with Gasteiger partial charge in [0.25, 0.3) is 0 Å². The highest BCUT2D eigenvalue weighted by Gasteiger charge is 2.28. The molecular formula is C14H10O2. The van der Waals surface area contributed by atoms with E-state index in [2.05, 4.69) is 0 Å². The van der Waals surface area contributed by atoms with Gasteiger partial charge >= 0.3 is 0 Å². The van der Waals surface area contributed by atoms with Crippen molar-refractivity contribution in [1.29, 1.82) is 0 Å². The number of aliphatic hydroxyl groups excluding tert-OH is 1. The molecule has 2 aliphatic rings. The molecule has 0 bridgehead atoms. The minimum absolute atomic E-state index is 0.105. The molecule has 16 heavy (non-hydrogen) atoms. The SMILES string of the molecule is O=C1c2ccccc2C=C2C=C(O)C=CC12. The van der Waals surface area contributed by atoms with Crippen LogP contribution in [0.3, 0.4) is 0 Å². The van der Waals surface area contributed by atoms with Crippen LogP contribution in [-0.2, 0) is 0 Å². The lowest BCUT2D eigenvalue weighted by Crippen LogP contribution is -2.20. The quantitative estimate of drug-likeness (QED) is 0.714. The molecule has 2 aliphatic carbocycles. The van der Waals surface area contributed by atoms with E-state index in [0.717, 1.165) is 16.7 Å². The van der Waals surface area contributed by atoms with Crippen molar-refractivity contribution >= 4 is 11.9 Å². The number of benzene rings is 1. The van der Waals surface area contributed by atoms with Crippen molar-refractivity contribution in [2.24, 2.45) is 5.92 Å². The molecule has 78 valence electrons. The second-order valence-electron chi connectivity index (χ2n) is 4.00. The van der Waals surface area contributed by atoms with Crippen LogP contribution in [0.2, 0.25) is 0 Å². The van der Waals surface area contributed by atoms with Crippen LogP contribution >= 0.6 is 0 Å². The van der Waals surface area contributed by atoms with E-state index >= 15 is 0 Å². The van der Waals surface area contributed by atoms with Crippen molar-refractivity contribution in [3.05, 3.63) is 65.0 Å². The molecule has 1 aromatic rings. The van der Waals surface area contributed by atoms with E-state index in [1.165, 1.54) is 0 Å². The second-order valence-corrected chi connectivity index (χ2v) is 4.00. The van der Waals surface area contributed by atoms with Gasteiger partial charge in [0.05, 0.1) is 5.92 Å². The number of allylic oxidation sites excluding steroid dienone is 4. The molecule has 1 N–H and O–H groups in total. The van der Waals surface area contributed by atoms with Crippen LogP contribution in [0.5, 0.6) is 0 Å². The highest BCUT2D eigenvalue weighted by atomic mass is 16.3. The van der Waals surface area contributed by atoms with Crippen molar-refractivity contribution in [1.82, 2.24) is 0 Å². The molecule has 3 rings (SSSR count). The summed E-state index contributed by atoms with van der Waals surface area (Å²) in [6, 6.07) is 7.54. The van der Waals surface area contributed by atoms with E-state index in [1.807, 2.05) is 30.3 Å². The number of ketones is 1. The first kappa shape index (κ1) is 9.16. The molecular weight excluding hydrogens is 200 g/mol. The van der Waals surface area contributed by atoms with Crippen LogP contribution in [0, 0.1) is 5.92 Å². The van der Waals surface area contributed by atoms with Gasteiger partial charge in [-0.05, 0) is 29.4 Å². The number of hydrogen-bond acceptors (Lipinski definition) is 2. The third-order valence-corrected chi connectivity index (χ3v) is 2.96. The van der Waals surface area contributed by atoms with Gasteiger partial charge in [-0.3, -0.25) is 4.79 Å². The van der Waals surface area contributed by atoms with Gasteiger partial charge < -0.3 is 5.11 Å². The van der Waals surface area contributed by atoms with Crippen molar-refractivity contribution < 1.29 is 9.90 Å². The average molecular weight is 210 g/mol. The molecule has 0 heterocycles. The Morgan fingerprint density at radius 1 is 1.12 bits per heavy atom. The number of carbonyl (C=O) groups is 1. The number of rotatable bonds is 0. The lowest BCUT2D eigenvalue weighted by atomic mass is 9.80. The van der Waals surface area contributed by atoms with Crippen LogP contribution in [0.25, 0.3) is 6.08 Å². The minimum Gasteiger partial charge on any atom is -0.508 e. The zero-order valence-electron chi connectivity index (χ0n) is 8.55. The molecule has 0 spiro atoms. The lowest BCUT2D eigenvalue weighted by Gasteiger charge is -2.22. The van der Waals surface area contributed by atoms with E-state index in [9.17, 15) is 9.90 Å². The molecule has 1 unspecified atom stereocenters. The fourth-order valence-corrected chi connectivity index (χ4v) is 2.18. The van der Waals surface area contributed by atoms with Gasteiger partial charge in [0, 0.05) is 5.56 Å². The van der Waals surface area contributed by atoms with Gasteiger partial charge in [-0.15, -0.1) is 0 Å². The smallest absolute Gasteiger partial charge is 0.174 e. The first-order valence-electron chi connectivity index (χ1n) is 5.19. The first-order chi connectivity index (χ1) is 7.75. The maximum absolute atomic E-state index is 12.2. The Labute approximate surface area is 93.2 Å². The van der Waals surface area contributed by atoms with Gasteiger partial charge in [-0.1, -0.05) is 30.3 Å². The zero-order chi connectivity index (χ0) is 11.1. The van der Waals surface area contributed by atoms with Crippen molar-refractivity contribution in [3.8, 4) is 0 Å². The second kappa shape index (κ2) is 3.20. The molecule has 0 saturated carbocycles. The van der Waals surface area contributed by atoms with Crippen LogP contribution in [0.15, 0.2) is 53.8 Å². The molecule has 1 aromatic carbocycles. The van der Waals surface area contributed by atoms with Crippen LogP contribution in [-0.4, -0.2) is 10.9 Å². The number of hydrogen-bond donors (Lipinski definition) is 1. The number of fused-ring (bicyclic) bond motifs is 2. The van der Waals surface area contributed by atoms with E-state index in [1.54, 1.807) is 18.2 Å². The lowest BCUT2D eigenvalue weighted by molar-refractivity contribution is 0.0959. The molecule has 2 heteroatoms. The number of Topliss-reactive ketones (excluding diaryl/α,β-unsaturated/α-hetero) is 1. The Hall–Kier alpha value is -2.09. The van der Waals surface area contributed by atoms with Gasteiger partial charge in [0.15, 0.2) is 5.78 Å². The van der Waals surface area contributed by atoms with E-state index in [4.69, 9.17) is 0 Å². The van der Waals surface area contributed by atoms with E-state index in [-0.39, 0.29) is 17.5 Å². The summed E-state index contributed by atoms with van der Waals surface area (Å²) >= 11 is 0. The van der Waals surface area contributed by atoms with Crippen molar-refractivity contribution in [3.63, 3.8) is 0 Å². The Morgan fingerprint density at radius 3 is 2.81 bits per heavy atom. The summed E-state index contributed by atoms with van der Waals surface area (Å²) in [5.41, 5.74) is 2.55. The Kier molecular flexibility index (Phi) is 1.83. The maximum Gasteiger partial charge on any atom is 0.174 e. The molecule has 0 radical (unpaired) electrons. The van der Waals surface area contributed by atoms with Crippen LogP contribution < -0.4 is 0 Å². The van der Waals surface area contributed by atoms with Crippen LogP contribution in [0.1, 0.15) is 15.9 Å². The molecule has 0 saturated heterocycles. The maximum atomic E-state index is 12.2. The zero-order valence-corrected chi connectivity index (χ0v) is 8.55. The molecule has 0 fully saturated rings. The van der Waals surface area contributed by atoms with Gasteiger partial charge in [0.1, 0.15) is 5.76 Å². The number of aliphatic hydroxyl groups is 1. The highest BCUT2D eigenvalue weighted by molar-refractivity contribution is 6.07. The summed E-state index contributed by atoms with van der Waals surface area (Å²) in [4.78, 5) is 12.2. The molecule has 1 atom stereocenters. The summed E-state index contributed by atoms with van der Waals surface area (Å²) in [5.74, 6) is 0.0774. The predicted molar refractivity (Wildman–Crippen MR) is 62.1 cm³/mol. The monoisotopic (exact) mass is 210 g/mol. The molecule has 2 nitrogen and oxygen atoms in total. The third kappa shape index (κ3) is 1.23. The predicted octanol–water partition coefficient (Wildman–Crippen LogP) is 2.89. The third-order valence-electron chi connectivity index (χ3n) is 2.96. The molecule has 0 aliphatic heterocycles. The highest BCUT2D eigenvalue weighted by Crippen LogP contribution is 2.32. The summed E-state index contributed by atoms with van der Waals surface area (Å²) in [7, 11) is 0. The topological polar surface area (TPSA) is 37.3 Å². The molecule has 0 aromatic heterocycles. The summed E-state index contributed by atoms with van der Waals surface area (Å²) in [6.45, 7) is 0. The number of carbonyl (C=O) groups excluding carboxylic acids is 1. The Morgan fingerprint density at radius 2 is 1.94 bits per heavy atom. The minimum atomic E-state index is -0.231. The van der Waals surface area contributed by atoms with Crippen molar-refractivity contribution in [2.75, 3.05) is 0 Å². The van der Waals surface area contributed by atoms with Crippen LogP contribution in [0.4, 0.5) is 0 Å². The Bertz CT molecular complexity index is 562. The summed E-state index contributed by atoms with van der Waals surface area (Å²) in [5, 5.41) is 9.40. The largest absolute Gasteiger partial charge is 0.508 e. The fourth-order valence-electron chi connectivity index (χ4n) is 2.18. The average Bonchev–Trinajstić information content (AvgIpc) is 2.29. The van der Waals surface area contributed by atoms with Gasteiger partial charge in [-0.2, -0.15) is 0 Å². The van der Waals surface area contributed by atoms with Gasteiger partial charge in [-0.25, -0.2) is 0 Å². The van der Waals surface area contributed by atoms with Crippen molar-refractivity contribution in [2.45, 2.75) is 0 Å². The van der Waals surface area contributed by atoms with E-state index < -0.39 is 0 Å². The van der Waals surface area contributed by atoms with E-state index in [0.29, 0.717) is 0 Å². The van der Waals surface area contributed by atoms with Gasteiger partial charge in [0.2, 0.25) is 0 Å². The standard InChI is InChI=1S/C14H10O2/c15-11-5-6-13-10(8-11)7-9-3-1-2-4-12(9)14(13)16/h1-8,13,15H. The first-order valence-corrected chi connectivity index (χ1v) is 5.19. The summed E-state index contributed by atoms with van der Waals surface area (Å²) < 4.78 is 0. The normalized spacial score (nSPS) is 22.0. The summed E-state index contributed by atoms with van der Waals surface area (Å²) in [6.07, 6.45) is 6.94. The molecule has 0 amide bonds. The Balaban J connectivity index is 2.21.